The van der Waals surface area contributed by atoms with E-state index >= 15 is 0 Å². The van der Waals surface area contributed by atoms with Crippen molar-refractivity contribution in [3.8, 4) is 0 Å². The smallest absolute Gasteiger partial charge is 0.224 e. The van der Waals surface area contributed by atoms with Crippen LogP contribution in [0.1, 0.15) is 19.8 Å². The number of benzene rings is 1. The van der Waals surface area contributed by atoms with Crippen molar-refractivity contribution in [1.29, 1.82) is 0 Å². The quantitative estimate of drug-likeness (QED) is 0.526. The van der Waals surface area contributed by atoms with Crippen LogP contribution in [0.4, 0.5) is 11.4 Å². The molecule has 0 aliphatic rings. The van der Waals surface area contributed by atoms with Gasteiger partial charge < -0.3 is 16.2 Å². The minimum atomic E-state index is -0.141. The highest BCUT2D eigenvalue weighted by atomic mass is 35.5. The summed E-state index contributed by atoms with van der Waals surface area (Å²) >= 11 is 13.4. The van der Waals surface area contributed by atoms with Gasteiger partial charge in [-0.2, -0.15) is 11.8 Å². The second-order valence-electron chi connectivity index (χ2n) is 4.37. The van der Waals surface area contributed by atoms with Gasteiger partial charge in [0.05, 0.1) is 23.0 Å². The number of nitrogens with one attached hydrogen (secondary N) is 1. The summed E-state index contributed by atoms with van der Waals surface area (Å²) in [4.78, 5) is 11.8. The lowest BCUT2D eigenvalue weighted by Gasteiger charge is -2.11. The Kier molecular flexibility index (Phi) is 7.51. The summed E-state index contributed by atoms with van der Waals surface area (Å²) in [5.74, 6) is 0.678. The number of carbonyl (C=O) groups is 1. The fraction of sp³-hybridized carbons (Fsp3) is 0.462. The highest BCUT2D eigenvalue weighted by molar-refractivity contribution is 7.99. The van der Waals surface area contributed by atoms with Crippen molar-refractivity contribution in [1.82, 2.24) is 0 Å². The van der Waals surface area contributed by atoms with E-state index in [0.29, 0.717) is 27.8 Å². The van der Waals surface area contributed by atoms with E-state index in [1.165, 1.54) is 6.07 Å². The molecule has 0 aliphatic carbocycles. The molecule has 1 amide bonds. The number of carbonyl (C=O) groups excluding carboxylic acids is 1. The first-order chi connectivity index (χ1) is 9.43. The number of aliphatic hydroxyl groups is 1. The van der Waals surface area contributed by atoms with Crippen LogP contribution in [0, 0.1) is 0 Å². The van der Waals surface area contributed by atoms with Crippen molar-refractivity contribution < 1.29 is 9.90 Å². The first-order valence-electron chi connectivity index (χ1n) is 6.21. The maximum Gasteiger partial charge on any atom is 0.224 e. The standard InChI is InChI=1S/C13H18Cl2N2O2S/c1-8(7-18)20-4-2-3-12(19)17-13-10(15)5-9(14)6-11(13)16/h5-6,8,18H,2-4,7,16H2,1H3,(H,17,19). The molecule has 0 spiro atoms. The SMILES string of the molecule is CC(CO)SCCCC(=O)Nc1c(N)cc(Cl)cc1Cl. The fourth-order valence-electron chi connectivity index (χ4n) is 1.50. The number of hydrogen-bond acceptors (Lipinski definition) is 4. The van der Waals surface area contributed by atoms with Crippen molar-refractivity contribution >= 4 is 52.2 Å². The molecule has 1 unspecified atom stereocenters. The van der Waals surface area contributed by atoms with Gasteiger partial charge in [-0.1, -0.05) is 30.1 Å². The zero-order valence-corrected chi connectivity index (χ0v) is 13.5. The van der Waals surface area contributed by atoms with Gasteiger partial charge in [0, 0.05) is 16.7 Å². The van der Waals surface area contributed by atoms with Gasteiger partial charge in [-0.3, -0.25) is 4.79 Å². The van der Waals surface area contributed by atoms with Gasteiger partial charge in [-0.25, -0.2) is 0 Å². The first-order valence-corrected chi connectivity index (χ1v) is 8.01. The van der Waals surface area contributed by atoms with Gasteiger partial charge in [0.15, 0.2) is 0 Å². The molecule has 1 atom stereocenters. The molecular weight excluding hydrogens is 319 g/mol. The van der Waals surface area contributed by atoms with Crippen LogP contribution in [0.25, 0.3) is 0 Å². The molecular formula is C13H18Cl2N2O2S. The Labute approximate surface area is 133 Å². The van der Waals surface area contributed by atoms with Crippen LogP contribution in [-0.4, -0.2) is 28.6 Å². The highest BCUT2D eigenvalue weighted by Crippen LogP contribution is 2.32. The molecule has 20 heavy (non-hydrogen) atoms. The lowest BCUT2D eigenvalue weighted by Crippen LogP contribution is -2.13. The summed E-state index contributed by atoms with van der Waals surface area (Å²) in [7, 11) is 0. The Morgan fingerprint density at radius 2 is 2.20 bits per heavy atom. The Morgan fingerprint density at radius 1 is 1.50 bits per heavy atom. The van der Waals surface area contributed by atoms with Crippen LogP contribution < -0.4 is 11.1 Å². The van der Waals surface area contributed by atoms with E-state index in [0.717, 1.165) is 12.2 Å². The molecule has 4 nitrogen and oxygen atoms in total. The number of thioether (sulfide) groups is 1. The summed E-state index contributed by atoms with van der Waals surface area (Å²) in [5, 5.41) is 12.5. The average Bonchev–Trinajstić information content (AvgIpc) is 2.38. The number of hydrogen-bond donors (Lipinski definition) is 3. The van der Waals surface area contributed by atoms with Gasteiger partial charge in [-0.15, -0.1) is 0 Å². The van der Waals surface area contributed by atoms with E-state index in [9.17, 15) is 4.79 Å². The number of nitrogens with two attached hydrogens (primary N) is 1. The highest BCUT2D eigenvalue weighted by Gasteiger charge is 2.10. The molecule has 0 aliphatic heterocycles. The molecule has 0 heterocycles. The van der Waals surface area contributed by atoms with E-state index in [2.05, 4.69) is 5.32 Å². The van der Waals surface area contributed by atoms with Gasteiger partial charge >= 0.3 is 0 Å². The molecule has 0 saturated heterocycles. The summed E-state index contributed by atoms with van der Waals surface area (Å²) in [6.07, 6.45) is 1.11. The van der Waals surface area contributed by atoms with Crippen LogP contribution >= 0.6 is 35.0 Å². The summed E-state index contributed by atoms with van der Waals surface area (Å²) < 4.78 is 0. The minimum Gasteiger partial charge on any atom is -0.397 e. The second kappa shape index (κ2) is 8.62. The van der Waals surface area contributed by atoms with Gasteiger partial charge in [0.25, 0.3) is 0 Å². The van der Waals surface area contributed by atoms with Crippen LogP contribution in [0.2, 0.25) is 10.0 Å². The number of rotatable bonds is 7. The van der Waals surface area contributed by atoms with E-state index < -0.39 is 0 Å². The largest absolute Gasteiger partial charge is 0.397 e. The van der Waals surface area contributed by atoms with Gasteiger partial charge in [-0.05, 0) is 24.3 Å². The summed E-state index contributed by atoms with van der Waals surface area (Å²) in [6, 6.07) is 3.08. The van der Waals surface area contributed by atoms with Crippen molar-refractivity contribution in [3.05, 3.63) is 22.2 Å². The van der Waals surface area contributed by atoms with E-state index in [4.69, 9.17) is 34.0 Å². The molecule has 0 radical (unpaired) electrons. The van der Waals surface area contributed by atoms with Gasteiger partial charge in [0.1, 0.15) is 0 Å². The maximum atomic E-state index is 11.8. The predicted octanol–water partition coefficient (Wildman–Crippen LogP) is 3.41. The van der Waals surface area contributed by atoms with Crippen LogP contribution in [0.5, 0.6) is 0 Å². The molecule has 1 aromatic carbocycles. The lowest BCUT2D eigenvalue weighted by molar-refractivity contribution is -0.116. The molecule has 0 fully saturated rings. The molecule has 112 valence electrons. The van der Waals surface area contributed by atoms with E-state index in [1.807, 2.05) is 6.92 Å². The van der Waals surface area contributed by atoms with Crippen LogP contribution in [-0.2, 0) is 4.79 Å². The lowest BCUT2D eigenvalue weighted by atomic mass is 10.2. The second-order valence-corrected chi connectivity index (χ2v) is 6.76. The van der Waals surface area contributed by atoms with Crippen LogP contribution in [0.15, 0.2) is 12.1 Å². The zero-order chi connectivity index (χ0) is 15.1. The summed E-state index contributed by atoms with van der Waals surface area (Å²) in [6.45, 7) is 2.09. The molecule has 7 heteroatoms. The Hall–Kier alpha value is -0.620. The Bertz CT molecular complexity index is 449. The molecule has 1 rings (SSSR count). The molecule has 0 saturated carbocycles. The number of amides is 1. The third-order valence-corrected chi connectivity index (χ3v) is 4.32. The third-order valence-electron chi connectivity index (χ3n) is 2.56. The van der Waals surface area contributed by atoms with Gasteiger partial charge in [0.2, 0.25) is 5.91 Å². The molecule has 0 bridgehead atoms. The zero-order valence-electron chi connectivity index (χ0n) is 11.2. The predicted molar refractivity (Wildman–Crippen MR) is 87.7 cm³/mol. The molecule has 1 aromatic rings. The average molecular weight is 337 g/mol. The minimum absolute atomic E-state index is 0.141. The van der Waals surface area contributed by atoms with E-state index in [-0.39, 0.29) is 17.8 Å². The fourth-order valence-corrected chi connectivity index (χ4v) is 2.87. The first kappa shape index (κ1) is 17.4. The number of nitrogen functional groups attached to an aromatic ring is 1. The van der Waals surface area contributed by atoms with Crippen molar-refractivity contribution in [2.75, 3.05) is 23.4 Å². The molecule has 0 aromatic heterocycles. The summed E-state index contributed by atoms with van der Waals surface area (Å²) in [5.41, 5.74) is 6.51. The third kappa shape index (κ3) is 5.79. The van der Waals surface area contributed by atoms with E-state index in [1.54, 1.807) is 17.8 Å². The maximum absolute atomic E-state index is 11.8. The Morgan fingerprint density at radius 3 is 2.80 bits per heavy atom. The number of halogens is 2. The number of aliphatic hydroxyl groups excluding tert-OH is 1. The molecule has 4 N–H and O–H groups in total. The van der Waals surface area contributed by atoms with Crippen LogP contribution in [0.3, 0.4) is 0 Å². The van der Waals surface area contributed by atoms with Crippen molar-refractivity contribution in [2.45, 2.75) is 25.0 Å². The number of anilines is 2. The Balaban J connectivity index is 2.43. The monoisotopic (exact) mass is 336 g/mol. The topological polar surface area (TPSA) is 75.3 Å². The van der Waals surface area contributed by atoms with Crippen molar-refractivity contribution in [3.63, 3.8) is 0 Å². The normalized spacial score (nSPS) is 12.2. The van der Waals surface area contributed by atoms with Crippen molar-refractivity contribution in [2.24, 2.45) is 0 Å².